The Morgan fingerprint density at radius 1 is 1.03 bits per heavy atom. The molecule has 0 aromatic heterocycles. The van der Waals surface area contributed by atoms with Crippen molar-refractivity contribution >= 4 is 17.4 Å². The number of fused-ring (bicyclic) bond motifs is 3. The number of carbonyl (C=O) groups excluding carboxylic acids is 1. The number of benzene rings is 2. The predicted octanol–water partition coefficient (Wildman–Crippen LogP) is 0.201. The molecule has 0 aliphatic carbocycles. The fourth-order valence-electron chi connectivity index (χ4n) is 3.94. The standard InChI is InChI=1S/C23H28N4O5/c1-29-7-9-31-20-11-17-18(12-21(20)32-10-8-30-2)25-15-26-13-16-5-3-4-6-19(16)27(23(17)26)14-22(24)28/h3-6,11-12H,7-10,13-15H2,1-2H3,(H2,24,28). The molecule has 0 unspecified atom stereocenters. The van der Waals surface area contributed by atoms with Crippen molar-refractivity contribution in [2.45, 2.75) is 6.54 Å². The Morgan fingerprint density at radius 2 is 1.72 bits per heavy atom. The monoisotopic (exact) mass is 440 g/mol. The molecule has 0 bridgehead atoms. The van der Waals surface area contributed by atoms with Crippen LogP contribution in [0.5, 0.6) is 11.5 Å². The van der Waals surface area contributed by atoms with E-state index >= 15 is 0 Å². The van der Waals surface area contributed by atoms with Gasteiger partial charge in [0.2, 0.25) is 5.91 Å². The van der Waals surface area contributed by atoms with Gasteiger partial charge in [-0.15, -0.1) is 0 Å². The van der Waals surface area contributed by atoms with Crippen molar-refractivity contribution in [1.29, 1.82) is 0 Å². The number of hydrogen-bond donors (Lipinski definition) is 1. The summed E-state index contributed by atoms with van der Waals surface area (Å²) in [4.78, 5) is 20.8. The molecule has 1 amide bonds. The van der Waals surface area contributed by atoms with Crippen LogP contribution in [0, 0.1) is 0 Å². The number of anilines is 1. The van der Waals surface area contributed by atoms with Crippen molar-refractivity contribution in [3.05, 3.63) is 52.5 Å². The Kier molecular flexibility index (Phi) is 6.77. The number of nitrogens with zero attached hydrogens (tertiary/aromatic N) is 3. The average molecular weight is 441 g/mol. The molecular formula is C23H28N4O5. The molecule has 2 N–H and O–H groups in total. The number of hydrogen-bond acceptors (Lipinski definition) is 8. The summed E-state index contributed by atoms with van der Waals surface area (Å²) in [6, 6.07) is 11.8. The largest absolute Gasteiger partial charge is 0.487 e. The molecule has 2 aromatic carbocycles. The molecule has 170 valence electrons. The first-order valence-electron chi connectivity index (χ1n) is 10.5. The topological polar surface area (TPSA) is 98.8 Å². The van der Waals surface area contributed by atoms with Gasteiger partial charge in [-0.25, -0.2) is 0 Å². The molecule has 0 radical (unpaired) electrons. The maximum atomic E-state index is 12.0. The minimum atomic E-state index is -0.408. The highest BCUT2D eigenvalue weighted by Crippen LogP contribution is 2.34. The normalized spacial score (nSPS) is 14.2. The Bertz CT molecular complexity index is 1100. The van der Waals surface area contributed by atoms with E-state index in [-0.39, 0.29) is 6.54 Å². The number of nitrogens with two attached hydrogens (primary N) is 1. The number of ether oxygens (including phenoxy) is 4. The van der Waals surface area contributed by atoms with E-state index in [9.17, 15) is 4.79 Å². The van der Waals surface area contributed by atoms with Gasteiger partial charge in [-0.2, -0.15) is 0 Å². The van der Waals surface area contributed by atoms with Gasteiger partial charge in [0, 0.05) is 37.7 Å². The first kappa shape index (κ1) is 21.9. The first-order valence-corrected chi connectivity index (χ1v) is 10.5. The molecule has 32 heavy (non-hydrogen) atoms. The molecule has 4 rings (SSSR count). The van der Waals surface area contributed by atoms with Crippen molar-refractivity contribution in [2.75, 3.05) is 58.8 Å². The Morgan fingerprint density at radius 3 is 2.41 bits per heavy atom. The fourth-order valence-corrected chi connectivity index (χ4v) is 3.94. The third-order valence-electron chi connectivity index (χ3n) is 5.32. The van der Waals surface area contributed by atoms with Crippen LogP contribution in [0.4, 0.5) is 5.69 Å². The van der Waals surface area contributed by atoms with Crippen LogP contribution >= 0.6 is 0 Å². The summed E-state index contributed by atoms with van der Waals surface area (Å²) in [7, 11) is 3.25. The average Bonchev–Trinajstić information content (AvgIpc) is 2.79. The lowest BCUT2D eigenvalue weighted by Crippen LogP contribution is -2.51. The molecule has 2 aliphatic heterocycles. The van der Waals surface area contributed by atoms with E-state index in [2.05, 4.69) is 11.0 Å². The van der Waals surface area contributed by atoms with Gasteiger partial charge >= 0.3 is 0 Å². The molecule has 0 spiro atoms. The molecule has 0 saturated carbocycles. The molecule has 9 heteroatoms. The summed E-state index contributed by atoms with van der Waals surface area (Å²) >= 11 is 0. The van der Waals surface area contributed by atoms with Crippen LogP contribution in [0.3, 0.4) is 0 Å². The van der Waals surface area contributed by atoms with E-state index in [1.54, 1.807) is 14.2 Å². The maximum absolute atomic E-state index is 12.0. The number of methoxy groups -OCH3 is 2. The zero-order chi connectivity index (χ0) is 22.5. The van der Waals surface area contributed by atoms with Gasteiger partial charge < -0.3 is 34.5 Å². The van der Waals surface area contributed by atoms with Crippen molar-refractivity contribution in [2.24, 2.45) is 10.7 Å². The molecular weight excluding hydrogens is 412 g/mol. The third kappa shape index (κ3) is 4.49. The van der Waals surface area contributed by atoms with Crippen molar-refractivity contribution in [3.63, 3.8) is 0 Å². The summed E-state index contributed by atoms with van der Waals surface area (Å²) in [5, 5.41) is 1.63. The van der Waals surface area contributed by atoms with Gasteiger partial charge in [0.25, 0.3) is 0 Å². The molecule has 0 saturated heterocycles. The summed E-state index contributed by atoms with van der Waals surface area (Å²) in [5.41, 5.74) is 7.70. The predicted molar refractivity (Wildman–Crippen MR) is 119 cm³/mol. The van der Waals surface area contributed by atoms with Crippen LogP contribution in [-0.2, 0) is 20.8 Å². The highest BCUT2D eigenvalue weighted by Gasteiger charge is 2.30. The first-order chi connectivity index (χ1) is 15.6. The molecule has 0 atom stereocenters. The summed E-state index contributed by atoms with van der Waals surface area (Å²) in [5.74, 6) is 1.65. The van der Waals surface area contributed by atoms with E-state index < -0.39 is 5.91 Å². The third-order valence-corrected chi connectivity index (χ3v) is 5.32. The van der Waals surface area contributed by atoms with Crippen LogP contribution < -0.4 is 30.7 Å². The van der Waals surface area contributed by atoms with Gasteiger partial charge in [-0.3, -0.25) is 9.79 Å². The fraction of sp³-hybridized carbons (Fsp3) is 0.391. The van der Waals surface area contributed by atoms with Gasteiger partial charge in [0.1, 0.15) is 32.2 Å². The van der Waals surface area contributed by atoms with E-state index in [0.29, 0.717) is 51.1 Å². The zero-order valence-corrected chi connectivity index (χ0v) is 18.4. The Balaban J connectivity index is 1.85. The maximum Gasteiger partial charge on any atom is 0.237 e. The second-order valence-corrected chi connectivity index (χ2v) is 7.50. The number of amides is 1. The van der Waals surface area contributed by atoms with Crippen molar-refractivity contribution < 1.29 is 23.7 Å². The van der Waals surface area contributed by atoms with Crippen LogP contribution in [0.15, 0.2) is 41.4 Å². The minimum Gasteiger partial charge on any atom is -0.487 e. The lowest BCUT2D eigenvalue weighted by Gasteiger charge is -2.41. The van der Waals surface area contributed by atoms with Crippen LogP contribution in [0.2, 0.25) is 0 Å². The highest BCUT2D eigenvalue weighted by molar-refractivity contribution is 5.86. The second-order valence-electron chi connectivity index (χ2n) is 7.50. The van der Waals surface area contributed by atoms with Crippen LogP contribution in [0.1, 0.15) is 5.56 Å². The summed E-state index contributed by atoms with van der Waals surface area (Å²) < 4.78 is 22.1. The van der Waals surface area contributed by atoms with Gasteiger partial charge in [0.05, 0.1) is 18.6 Å². The Labute approximate surface area is 186 Å². The lowest BCUT2D eigenvalue weighted by atomic mass is 10.1. The van der Waals surface area contributed by atoms with Gasteiger partial charge in [0.15, 0.2) is 11.5 Å². The molecule has 2 aliphatic rings. The SMILES string of the molecule is COCCOc1cc2c(cc1OCCOC)=C1N(CN=2)Cc2ccccc2N1CC(N)=O. The summed E-state index contributed by atoms with van der Waals surface area (Å²) in [6.45, 7) is 2.89. The minimum absolute atomic E-state index is 0.0637. The molecule has 0 fully saturated rings. The smallest absolute Gasteiger partial charge is 0.237 e. The number of carbonyl (C=O) groups is 1. The number of para-hydroxylation sites is 1. The zero-order valence-electron chi connectivity index (χ0n) is 18.4. The van der Waals surface area contributed by atoms with E-state index in [4.69, 9.17) is 29.7 Å². The quantitative estimate of drug-likeness (QED) is 0.527. The van der Waals surface area contributed by atoms with E-state index in [0.717, 1.165) is 27.6 Å². The Hall–Kier alpha value is -3.30. The molecule has 2 aromatic rings. The van der Waals surface area contributed by atoms with E-state index in [1.165, 1.54) is 0 Å². The van der Waals surface area contributed by atoms with Gasteiger partial charge in [-0.05, 0) is 17.7 Å². The molecule has 2 heterocycles. The lowest BCUT2D eigenvalue weighted by molar-refractivity contribution is -0.116. The van der Waals surface area contributed by atoms with Crippen molar-refractivity contribution in [1.82, 2.24) is 4.90 Å². The van der Waals surface area contributed by atoms with Gasteiger partial charge in [-0.1, -0.05) is 18.2 Å². The second kappa shape index (κ2) is 9.88. The molecule has 9 nitrogen and oxygen atoms in total. The van der Waals surface area contributed by atoms with Crippen LogP contribution in [0.25, 0.3) is 5.82 Å². The number of primary amides is 1. The van der Waals surface area contributed by atoms with Crippen molar-refractivity contribution in [3.8, 4) is 11.5 Å². The highest BCUT2D eigenvalue weighted by atomic mass is 16.5. The van der Waals surface area contributed by atoms with Crippen LogP contribution in [-0.4, -0.2) is 64.7 Å². The van der Waals surface area contributed by atoms with E-state index in [1.807, 2.05) is 35.2 Å². The summed E-state index contributed by atoms with van der Waals surface area (Å²) in [6.07, 6.45) is 0. The number of rotatable bonds is 10.